The summed E-state index contributed by atoms with van der Waals surface area (Å²) in [4.78, 5) is 73.1. The molecule has 0 aliphatic carbocycles. The number of hydrogen-bond donors (Lipinski definition) is 3. The average Bonchev–Trinajstić information content (AvgIpc) is 0.932. The highest BCUT2D eigenvalue weighted by atomic mass is 31.2. The van der Waals surface area contributed by atoms with Gasteiger partial charge in [0.05, 0.1) is 26.4 Å². The van der Waals surface area contributed by atoms with Crippen molar-refractivity contribution < 1.29 is 80.2 Å². The largest absolute Gasteiger partial charge is 0.472 e. The number of esters is 4. The van der Waals surface area contributed by atoms with Gasteiger partial charge in [0.25, 0.3) is 0 Å². The number of aliphatic hydroxyl groups excluding tert-OH is 1. The number of carbonyl (C=O) groups is 4. The monoisotopic (exact) mass is 1470 g/mol. The van der Waals surface area contributed by atoms with Crippen molar-refractivity contribution in [3.05, 3.63) is 0 Å². The highest BCUT2D eigenvalue weighted by molar-refractivity contribution is 7.47. The number of phosphoric acid groups is 2. The molecule has 0 spiro atoms. The van der Waals surface area contributed by atoms with Crippen LogP contribution in [0.1, 0.15) is 427 Å². The Hall–Kier alpha value is -1.94. The maximum Gasteiger partial charge on any atom is 0.472 e. The van der Waals surface area contributed by atoms with Gasteiger partial charge in [0.1, 0.15) is 19.3 Å². The molecule has 0 saturated heterocycles. The number of hydrogen-bond acceptors (Lipinski definition) is 15. The number of ether oxygens (including phenoxy) is 4. The summed E-state index contributed by atoms with van der Waals surface area (Å²) in [7, 11) is -9.92. The molecule has 0 radical (unpaired) electrons. The molecule has 594 valence electrons. The molecule has 17 nitrogen and oxygen atoms in total. The summed E-state index contributed by atoms with van der Waals surface area (Å²) < 4.78 is 68.8. The van der Waals surface area contributed by atoms with E-state index < -0.39 is 97.5 Å². The van der Waals surface area contributed by atoms with E-state index in [0.717, 1.165) is 102 Å². The van der Waals surface area contributed by atoms with E-state index in [4.69, 9.17) is 37.0 Å². The molecule has 100 heavy (non-hydrogen) atoms. The summed E-state index contributed by atoms with van der Waals surface area (Å²) in [5, 5.41) is 10.6. The van der Waals surface area contributed by atoms with Crippen LogP contribution in [0.5, 0.6) is 0 Å². The molecule has 0 fully saturated rings. The fourth-order valence-corrected chi connectivity index (χ4v) is 14.1. The summed E-state index contributed by atoms with van der Waals surface area (Å²) in [5.74, 6) is -0.559. The highest BCUT2D eigenvalue weighted by Crippen LogP contribution is 2.45. The number of unbranched alkanes of at least 4 members (excludes halogenated alkanes) is 50. The van der Waals surface area contributed by atoms with Gasteiger partial charge in [-0.1, -0.05) is 375 Å². The van der Waals surface area contributed by atoms with Crippen LogP contribution in [-0.4, -0.2) is 96.7 Å². The molecule has 0 heterocycles. The van der Waals surface area contributed by atoms with Crippen LogP contribution < -0.4 is 0 Å². The van der Waals surface area contributed by atoms with Crippen molar-refractivity contribution in [3.63, 3.8) is 0 Å². The van der Waals surface area contributed by atoms with Crippen LogP contribution in [0.2, 0.25) is 0 Å². The number of phosphoric ester groups is 2. The Morgan fingerprint density at radius 3 is 0.680 bits per heavy atom. The lowest BCUT2D eigenvalue weighted by Gasteiger charge is -2.21. The van der Waals surface area contributed by atoms with Gasteiger partial charge in [0.2, 0.25) is 0 Å². The van der Waals surface area contributed by atoms with Crippen molar-refractivity contribution in [3.8, 4) is 0 Å². The van der Waals surface area contributed by atoms with Crippen LogP contribution >= 0.6 is 15.6 Å². The molecule has 2 unspecified atom stereocenters. The molecular weight excluding hydrogens is 1310 g/mol. The van der Waals surface area contributed by atoms with Crippen LogP contribution in [-0.2, 0) is 65.4 Å². The molecule has 0 bridgehead atoms. The third-order valence-corrected chi connectivity index (χ3v) is 20.9. The predicted octanol–water partition coefficient (Wildman–Crippen LogP) is 24.3. The van der Waals surface area contributed by atoms with Gasteiger partial charge in [-0.3, -0.25) is 37.3 Å². The minimum atomic E-state index is -4.96. The van der Waals surface area contributed by atoms with Crippen LogP contribution in [0.15, 0.2) is 0 Å². The van der Waals surface area contributed by atoms with E-state index in [1.54, 1.807) is 0 Å². The smallest absolute Gasteiger partial charge is 0.462 e. The second-order valence-electron chi connectivity index (χ2n) is 30.1. The first-order chi connectivity index (χ1) is 48.4. The van der Waals surface area contributed by atoms with Gasteiger partial charge in [-0.15, -0.1) is 0 Å². The first kappa shape index (κ1) is 98.1. The van der Waals surface area contributed by atoms with Crippen molar-refractivity contribution >= 4 is 39.5 Å². The van der Waals surface area contributed by atoms with Crippen LogP contribution in [0.3, 0.4) is 0 Å². The summed E-state index contributed by atoms with van der Waals surface area (Å²) in [5.41, 5.74) is 0. The minimum absolute atomic E-state index is 0.108. The number of rotatable bonds is 80. The van der Waals surface area contributed by atoms with E-state index in [1.165, 1.54) is 244 Å². The third-order valence-electron chi connectivity index (χ3n) is 19.0. The predicted molar refractivity (Wildman–Crippen MR) is 409 cm³/mol. The average molecular weight is 1470 g/mol. The highest BCUT2D eigenvalue weighted by Gasteiger charge is 2.30. The van der Waals surface area contributed by atoms with E-state index >= 15 is 0 Å². The van der Waals surface area contributed by atoms with Crippen molar-refractivity contribution in [1.82, 2.24) is 0 Å². The van der Waals surface area contributed by atoms with E-state index in [-0.39, 0.29) is 25.7 Å². The fourth-order valence-electron chi connectivity index (χ4n) is 12.5. The van der Waals surface area contributed by atoms with E-state index in [1.807, 2.05) is 0 Å². The first-order valence-electron chi connectivity index (χ1n) is 42.0. The number of carbonyl (C=O) groups excluding carboxylic acids is 4. The normalized spacial score (nSPS) is 13.9. The van der Waals surface area contributed by atoms with E-state index in [9.17, 15) is 43.2 Å². The van der Waals surface area contributed by atoms with Crippen molar-refractivity contribution in [2.24, 2.45) is 11.8 Å². The molecule has 0 amide bonds. The zero-order chi connectivity index (χ0) is 73.5. The summed E-state index contributed by atoms with van der Waals surface area (Å²) in [6.45, 7) is 9.65. The third kappa shape index (κ3) is 74.3. The quantitative estimate of drug-likeness (QED) is 0.0222. The van der Waals surface area contributed by atoms with Crippen molar-refractivity contribution in [2.75, 3.05) is 39.6 Å². The van der Waals surface area contributed by atoms with Gasteiger partial charge < -0.3 is 33.8 Å². The summed E-state index contributed by atoms with van der Waals surface area (Å²) in [6.07, 6.45) is 62.3. The molecule has 0 aliphatic rings. The zero-order valence-corrected chi connectivity index (χ0v) is 67.3. The van der Waals surface area contributed by atoms with Gasteiger partial charge in [-0.25, -0.2) is 9.13 Å². The Morgan fingerprint density at radius 2 is 0.460 bits per heavy atom. The van der Waals surface area contributed by atoms with Gasteiger partial charge in [0, 0.05) is 25.7 Å². The Balaban J connectivity index is 5.26. The molecule has 19 heteroatoms. The second-order valence-corrected chi connectivity index (χ2v) is 33.0. The van der Waals surface area contributed by atoms with Gasteiger partial charge in [-0.05, 0) is 37.5 Å². The first-order valence-corrected chi connectivity index (χ1v) is 45.0. The lowest BCUT2D eigenvalue weighted by atomic mass is 10.0. The Morgan fingerprint density at radius 1 is 0.270 bits per heavy atom. The van der Waals surface area contributed by atoms with Gasteiger partial charge in [0.15, 0.2) is 12.2 Å². The minimum Gasteiger partial charge on any atom is -0.462 e. The fraction of sp³-hybridized carbons (Fsp3) is 0.951. The van der Waals surface area contributed by atoms with Crippen LogP contribution in [0.25, 0.3) is 0 Å². The Labute approximate surface area is 613 Å². The lowest BCUT2D eigenvalue weighted by molar-refractivity contribution is -0.161. The van der Waals surface area contributed by atoms with Crippen molar-refractivity contribution in [1.29, 1.82) is 0 Å². The Bertz CT molecular complexity index is 1920. The molecule has 0 aromatic carbocycles. The lowest BCUT2D eigenvalue weighted by Crippen LogP contribution is -2.30. The summed E-state index contributed by atoms with van der Waals surface area (Å²) in [6, 6.07) is 0. The van der Waals surface area contributed by atoms with Crippen LogP contribution in [0, 0.1) is 11.8 Å². The molecule has 0 aromatic rings. The molecule has 0 aromatic heterocycles. The molecule has 0 rings (SSSR count). The number of aliphatic hydroxyl groups is 1. The molecular formula is C81H158O17P2. The van der Waals surface area contributed by atoms with Crippen molar-refractivity contribution in [2.45, 2.75) is 445 Å². The molecule has 0 aliphatic heterocycles. The zero-order valence-electron chi connectivity index (χ0n) is 65.5. The second kappa shape index (κ2) is 72.6. The standard InChI is InChI=1S/C81H158O17P2/c1-7-9-11-13-15-17-19-21-24-29-33-39-45-51-57-63-78(83)91-69-76(97-81(86)66-60-54-48-41-35-31-27-23-26-28-32-37-43-49-55-61-73(3)4)71-95-99(87,88)93-67-75(82)68-94-100(89,90)96-72-77(70-92-79(84)64-58-52-46-42-36-38-44-50-56-62-74(5)6)98-80(85)65-59-53-47-40-34-30-25-22-20-18-16-14-12-10-8-2/h73-77,82H,7-72H2,1-6H3,(H,87,88)(H,89,90)/t75-,76-,77-/m1/s1. The maximum absolute atomic E-state index is 13.1. The Kier molecular flexibility index (Phi) is 71.2. The maximum atomic E-state index is 13.1. The van der Waals surface area contributed by atoms with E-state index in [0.29, 0.717) is 25.7 Å². The SMILES string of the molecule is CCCCCCCCCCCCCCCCCC(=O)OC[C@H](COP(=O)(O)OC[C@@H](O)COP(=O)(O)OC[C@@H](COC(=O)CCCCCCCCCCCC(C)C)OC(=O)CCCCCCCCCCCCCCCCC)OC(=O)CCCCCCCCCCCCCCCCCC(C)C. The molecule has 0 saturated carbocycles. The molecule has 3 N–H and O–H groups in total. The van der Waals surface area contributed by atoms with Gasteiger partial charge in [-0.2, -0.15) is 0 Å². The topological polar surface area (TPSA) is 237 Å². The summed E-state index contributed by atoms with van der Waals surface area (Å²) >= 11 is 0. The molecule has 5 atom stereocenters. The van der Waals surface area contributed by atoms with E-state index in [2.05, 4.69) is 41.5 Å². The van der Waals surface area contributed by atoms with Crippen LogP contribution in [0.4, 0.5) is 0 Å². The van der Waals surface area contributed by atoms with Gasteiger partial charge >= 0.3 is 39.5 Å².